The van der Waals surface area contributed by atoms with Crippen LogP contribution in [-0.2, 0) is 16.1 Å². The van der Waals surface area contributed by atoms with Crippen LogP contribution in [0.1, 0.15) is 64.0 Å². The molecule has 0 amide bonds. The van der Waals surface area contributed by atoms with E-state index in [1.807, 2.05) is 48.7 Å². The normalized spacial score (nSPS) is 11.0. The van der Waals surface area contributed by atoms with Crippen molar-refractivity contribution in [2.75, 3.05) is 26.4 Å². The quantitative estimate of drug-likeness (QED) is 0.164. The lowest BCUT2D eigenvalue weighted by atomic mass is 10.1. The summed E-state index contributed by atoms with van der Waals surface area (Å²) >= 11 is 6.64. The van der Waals surface area contributed by atoms with Gasteiger partial charge in [-0.1, -0.05) is 37.4 Å². The molecule has 0 N–H and O–H groups in total. The number of imidazole rings is 1. The van der Waals surface area contributed by atoms with Crippen LogP contribution >= 0.6 is 11.6 Å². The standard InChI is InChI=1S/C28H37ClN2O5/c1-5-8-9-14-35-22-13-12-21(24(29)17-22)19-31-25-18-23(36-15-10-11-26(32)33-6-2)16-20(4)27(25)30-28(31)34-7-3/h12-13,16-18H,5-11,14-15,19H2,1-4H3. The maximum absolute atomic E-state index is 11.6. The molecule has 0 aliphatic heterocycles. The second-order valence-electron chi connectivity index (χ2n) is 8.59. The maximum Gasteiger partial charge on any atom is 0.305 e. The summed E-state index contributed by atoms with van der Waals surface area (Å²) in [4.78, 5) is 16.3. The van der Waals surface area contributed by atoms with Gasteiger partial charge >= 0.3 is 5.97 Å². The van der Waals surface area contributed by atoms with Gasteiger partial charge in [0, 0.05) is 17.5 Å². The lowest BCUT2D eigenvalue weighted by Crippen LogP contribution is -2.07. The Hall–Kier alpha value is -2.93. The summed E-state index contributed by atoms with van der Waals surface area (Å²) in [7, 11) is 0. The second-order valence-corrected chi connectivity index (χ2v) is 8.99. The van der Waals surface area contributed by atoms with Crippen LogP contribution < -0.4 is 14.2 Å². The maximum atomic E-state index is 11.6. The van der Waals surface area contributed by atoms with Crippen LogP contribution in [0.4, 0.5) is 0 Å². The van der Waals surface area contributed by atoms with Crippen molar-refractivity contribution in [2.45, 2.75) is 66.3 Å². The van der Waals surface area contributed by atoms with Gasteiger partial charge in [-0.15, -0.1) is 0 Å². The van der Waals surface area contributed by atoms with Gasteiger partial charge in [-0.25, -0.2) is 0 Å². The average Bonchev–Trinajstić information content (AvgIpc) is 3.19. The summed E-state index contributed by atoms with van der Waals surface area (Å²) in [5.74, 6) is 1.28. The minimum atomic E-state index is -0.207. The zero-order chi connectivity index (χ0) is 25.9. The number of carbonyl (C=O) groups is 1. The topological polar surface area (TPSA) is 71.8 Å². The molecule has 3 rings (SSSR count). The number of esters is 1. The van der Waals surface area contributed by atoms with Gasteiger partial charge in [-0.05, 0) is 62.9 Å². The average molecular weight is 517 g/mol. The van der Waals surface area contributed by atoms with Gasteiger partial charge < -0.3 is 18.9 Å². The fourth-order valence-corrected chi connectivity index (χ4v) is 4.14. The fourth-order valence-electron chi connectivity index (χ4n) is 3.91. The third-order valence-electron chi connectivity index (χ3n) is 5.73. The van der Waals surface area contributed by atoms with Gasteiger partial charge in [-0.2, -0.15) is 4.98 Å². The van der Waals surface area contributed by atoms with Gasteiger partial charge in [0.15, 0.2) is 0 Å². The Morgan fingerprint density at radius 3 is 2.44 bits per heavy atom. The number of aromatic nitrogens is 2. The molecule has 0 atom stereocenters. The Labute approximate surface area is 218 Å². The van der Waals surface area contributed by atoms with Crippen molar-refractivity contribution in [3.05, 3.63) is 46.5 Å². The molecule has 0 aliphatic carbocycles. The van der Waals surface area contributed by atoms with E-state index in [0.717, 1.165) is 52.9 Å². The minimum Gasteiger partial charge on any atom is -0.494 e. The number of nitrogens with zero attached hydrogens (tertiary/aromatic N) is 2. The van der Waals surface area contributed by atoms with Crippen molar-refractivity contribution in [3.8, 4) is 17.5 Å². The second kappa shape index (κ2) is 14.0. The first kappa shape index (κ1) is 27.7. The molecule has 196 valence electrons. The molecule has 0 saturated heterocycles. The molecule has 0 aliphatic rings. The highest BCUT2D eigenvalue weighted by Crippen LogP contribution is 2.32. The molecule has 0 bridgehead atoms. The van der Waals surface area contributed by atoms with Gasteiger partial charge in [-0.3, -0.25) is 9.36 Å². The van der Waals surface area contributed by atoms with Gasteiger partial charge in [0.2, 0.25) is 0 Å². The van der Waals surface area contributed by atoms with Crippen LogP contribution in [0.5, 0.6) is 17.5 Å². The first-order valence-electron chi connectivity index (χ1n) is 12.8. The lowest BCUT2D eigenvalue weighted by molar-refractivity contribution is -0.143. The van der Waals surface area contributed by atoms with E-state index >= 15 is 0 Å². The lowest BCUT2D eigenvalue weighted by Gasteiger charge is -2.13. The number of hydrogen-bond acceptors (Lipinski definition) is 6. The number of fused-ring (bicyclic) bond motifs is 1. The van der Waals surface area contributed by atoms with Crippen LogP contribution in [0, 0.1) is 6.92 Å². The molecule has 1 aromatic heterocycles. The molecular formula is C28H37ClN2O5. The number of benzene rings is 2. The number of rotatable bonds is 15. The minimum absolute atomic E-state index is 0.207. The molecule has 7 nitrogen and oxygen atoms in total. The van der Waals surface area contributed by atoms with Gasteiger partial charge in [0.1, 0.15) is 11.5 Å². The highest BCUT2D eigenvalue weighted by atomic mass is 35.5. The summed E-state index contributed by atoms with van der Waals surface area (Å²) in [6.45, 7) is 10.4. The molecule has 0 radical (unpaired) electrons. The Bertz CT molecular complexity index is 1140. The zero-order valence-corrected chi connectivity index (χ0v) is 22.5. The van der Waals surface area contributed by atoms with Crippen LogP contribution in [0.25, 0.3) is 11.0 Å². The molecule has 36 heavy (non-hydrogen) atoms. The van der Waals surface area contributed by atoms with Crippen molar-refractivity contribution in [2.24, 2.45) is 0 Å². The van der Waals surface area contributed by atoms with Crippen LogP contribution in [-0.4, -0.2) is 41.9 Å². The van der Waals surface area contributed by atoms with Crippen molar-refractivity contribution >= 4 is 28.6 Å². The summed E-state index contributed by atoms with van der Waals surface area (Å²) in [5.41, 5.74) is 3.67. The summed E-state index contributed by atoms with van der Waals surface area (Å²) in [5, 5.41) is 0.635. The molecule has 0 unspecified atom stereocenters. The van der Waals surface area contributed by atoms with E-state index in [1.165, 1.54) is 0 Å². The van der Waals surface area contributed by atoms with Crippen molar-refractivity contribution < 1.29 is 23.7 Å². The largest absolute Gasteiger partial charge is 0.494 e. The summed E-state index contributed by atoms with van der Waals surface area (Å²) < 4.78 is 24.7. The molecule has 0 spiro atoms. The first-order chi connectivity index (χ1) is 17.5. The molecule has 8 heteroatoms. The Morgan fingerprint density at radius 2 is 1.72 bits per heavy atom. The Morgan fingerprint density at radius 1 is 0.944 bits per heavy atom. The van der Waals surface area contributed by atoms with E-state index in [9.17, 15) is 4.79 Å². The fraction of sp³-hybridized carbons (Fsp3) is 0.500. The van der Waals surface area contributed by atoms with Crippen LogP contribution in [0.15, 0.2) is 30.3 Å². The highest BCUT2D eigenvalue weighted by Gasteiger charge is 2.17. The van der Waals surface area contributed by atoms with Gasteiger partial charge in [0.25, 0.3) is 6.01 Å². The SMILES string of the molecule is CCCCCOc1ccc(Cn2c(OCC)nc3c(C)cc(OCCCC(=O)OCC)cc32)c(Cl)c1. The van der Waals surface area contributed by atoms with E-state index in [2.05, 4.69) is 6.92 Å². The number of halogens is 1. The van der Waals surface area contributed by atoms with Crippen molar-refractivity contribution in [1.82, 2.24) is 9.55 Å². The van der Waals surface area contributed by atoms with Gasteiger partial charge in [0.05, 0.1) is 44.0 Å². The third-order valence-corrected chi connectivity index (χ3v) is 6.08. The van der Waals surface area contributed by atoms with E-state index in [0.29, 0.717) is 56.8 Å². The van der Waals surface area contributed by atoms with E-state index in [-0.39, 0.29) is 5.97 Å². The smallest absolute Gasteiger partial charge is 0.305 e. The predicted molar refractivity (Wildman–Crippen MR) is 143 cm³/mol. The number of carbonyl (C=O) groups excluding carboxylic acids is 1. The van der Waals surface area contributed by atoms with Crippen LogP contribution in [0.2, 0.25) is 5.02 Å². The van der Waals surface area contributed by atoms with E-state index in [4.69, 9.17) is 35.5 Å². The molecule has 1 heterocycles. The number of unbranched alkanes of at least 4 members (excludes halogenated alkanes) is 2. The summed E-state index contributed by atoms with van der Waals surface area (Å²) in [6, 6.07) is 10.3. The Kier molecular flexibility index (Phi) is 10.7. The third kappa shape index (κ3) is 7.53. The van der Waals surface area contributed by atoms with E-state index in [1.54, 1.807) is 6.92 Å². The highest BCUT2D eigenvalue weighted by molar-refractivity contribution is 6.31. The number of hydrogen-bond donors (Lipinski definition) is 0. The van der Waals surface area contributed by atoms with Crippen molar-refractivity contribution in [1.29, 1.82) is 0 Å². The molecular weight excluding hydrogens is 480 g/mol. The molecule has 3 aromatic rings. The van der Waals surface area contributed by atoms with Crippen LogP contribution in [0.3, 0.4) is 0 Å². The number of aryl methyl sites for hydroxylation is 1. The molecule has 2 aromatic carbocycles. The monoisotopic (exact) mass is 516 g/mol. The molecule has 0 fully saturated rings. The van der Waals surface area contributed by atoms with Crippen molar-refractivity contribution in [3.63, 3.8) is 0 Å². The first-order valence-corrected chi connectivity index (χ1v) is 13.2. The zero-order valence-electron chi connectivity index (χ0n) is 21.8. The molecule has 0 saturated carbocycles. The Balaban J connectivity index is 1.79. The number of ether oxygens (including phenoxy) is 4. The predicted octanol–water partition coefficient (Wildman–Crippen LogP) is 6.74. The summed E-state index contributed by atoms with van der Waals surface area (Å²) in [6.07, 6.45) is 4.25. The van der Waals surface area contributed by atoms with E-state index < -0.39 is 0 Å².